The largest absolute Gasteiger partial charge is 0.498 e. The minimum absolute atomic E-state index is 0.719. The molecule has 0 aliphatic carbocycles. The van der Waals surface area contributed by atoms with Gasteiger partial charge in [0.1, 0.15) is 17.5 Å². The van der Waals surface area contributed by atoms with Crippen LogP contribution in [0.2, 0.25) is 0 Å². The molecule has 0 atom stereocenters. The standard InChI is InChI=1S/C18H20NOS/c1-4-14(20-5-2)12-17-19(3)18-15-9-7-6-8-13(15)10-11-16(18)21-17/h6-12H,4-5H2,1-3H3/q+1. The third kappa shape index (κ3) is 2.54. The van der Waals surface area contributed by atoms with Gasteiger partial charge in [-0.1, -0.05) is 42.5 Å². The van der Waals surface area contributed by atoms with E-state index in [0.29, 0.717) is 0 Å². The van der Waals surface area contributed by atoms with Crippen molar-refractivity contribution in [3.05, 3.63) is 47.2 Å². The Kier molecular flexibility index (Phi) is 3.93. The van der Waals surface area contributed by atoms with Crippen LogP contribution in [0.5, 0.6) is 0 Å². The third-order valence-electron chi connectivity index (χ3n) is 3.71. The van der Waals surface area contributed by atoms with E-state index < -0.39 is 0 Å². The van der Waals surface area contributed by atoms with Gasteiger partial charge in [-0.15, -0.1) is 0 Å². The summed E-state index contributed by atoms with van der Waals surface area (Å²) in [5.74, 6) is 1.05. The van der Waals surface area contributed by atoms with Crippen LogP contribution in [0.25, 0.3) is 27.1 Å². The van der Waals surface area contributed by atoms with Crippen LogP contribution in [-0.2, 0) is 11.8 Å². The molecule has 1 aromatic heterocycles. The van der Waals surface area contributed by atoms with Gasteiger partial charge in [-0.05, 0) is 24.4 Å². The lowest BCUT2D eigenvalue weighted by Crippen LogP contribution is -2.29. The molecule has 2 nitrogen and oxygen atoms in total. The molecule has 0 saturated heterocycles. The molecule has 0 unspecified atom stereocenters. The third-order valence-corrected chi connectivity index (χ3v) is 4.86. The van der Waals surface area contributed by atoms with Gasteiger partial charge in [0, 0.05) is 6.42 Å². The molecule has 21 heavy (non-hydrogen) atoms. The predicted molar refractivity (Wildman–Crippen MR) is 90.4 cm³/mol. The zero-order chi connectivity index (χ0) is 14.8. The molecule has 0 N–H and O–H groups in total. The first-order chi connectivity index (χ1) is 10.2. The number of aryl methyl sites for hydroxylation is 1. The van der Waals surface area contributed by atoms with Gasteiger partial charge >= 0.3 is 0 Å². The fourth-order valence-corrected chi connectivity index (χ4v) is 3.77. The van der Waals surface area contributed by atoms with Crippen LogP contribution in [0.4, 0.5) is 0 Å². The number of fused-ring (bicyclic) bond motifs is 3. The second-order valence-corrected chi connectivity index (χ2v) is 6.09. The molecule has 1 heterocycles. The summed E-state index contributed by atoms with van der Waals surface area (Å²) in [7, 11) is 2.14. The van der Waals surface area contributed by atoms with Crippen molar-refractivity contribution in [2.45, 2.75) is 20.3 Å². The molecule has 0 aliphatic rings. The minimum atomic E-state index is 0.719. The van der Waals surface area contributed by atoms with Crippen molar-refractivity contribution in [1.82, 2.24) is 0 Å². The second kappa shape index (κ2) is 5.86. The van der Waals surface area contributed by atoms with Gasteiger partial charge in [-0.25, -0.2) is 0 Å². The molecule has 0 amide bonds. The number of benzene rings is 2. The highest BCUT2D eigenvalue weighted by molar-refractivity contribution is 7.19. The first-order valence-electron chi connectivity index (χ1n) is 7.38. The van der Waals surface area contributed by atoms with E-state index >= 15 is 0 Å². The summed E-state index contributed by atoms with van der Waals surface area (Å²) < 4.78 is 9.28. The van der Waals surface area contributed by atoms with Crippen LogP contribution in [0.15, 0.2) is 42.2 Å². The van der Waals surface area contributed by atoms with E-state index in [1.165, 1.54) is 26.0 Å². The van der Waals surface area contributed by atoms with E-state index in [1.807, 2.05) is 18.3 Å². The van der Waals surface area contributed by atoms with Gasteiger partial charge < -0.3 is 4.74 Å². The Morgan fingerprint density at radius 1 is 1.19 bits per heavy atom. The highest BCUT2D eigenvalue weighted by Crippen LogP contribution is 2.28. The first-order valence-corrected chi connectivity index (χ1v) is 8.20. The Morgan fingerprint density at radius 2 is 2.00 bits per heavy atom. The Hall–Kier alpha value is -1.87. The SMILES string of the molecule is CCOC(=Cc1sc2ccc3ccccc3c2[n+]1C)CC. The van der Waals surface area contributed by atoms with E-state index in [9.17, 15) is 0 Å². The summed E-state index contributed by atoms with van der Waals surface area (Å²) in [6, 6.07) is 13.0. The fraction of sp³-hybridized carbons (Fsp3) is 0.278. The summed E-state index contributed by atoms with van der Waals surface area (Å²) in [5.41, 5.74) is 1.30. The van der Waals surface area contributed by atoms with Crippen molar-refractivity contribution in [3.63, 3.8) is 0 Å². The van der Waals surface area contributed by atoms with E-state index in [1.54, 1.807) is 0 Å². The van der Waals surface area contributed by atoms with E-state index in [2.05, 4.69) is 61.0 Å². The van der Waals surface area contributed by atoms with Gasteiger partial charge in [0.05, 0.1) is 18.1 Å². The second-order valence-electron chi connectivity index (χ2n) is 5.03. The van der Waals surface area contributed by atoms with Crippen LogP contribution in [0.3, 0.4) is 0 Å². The molecule has 108 valence electrons. The van der Waals surface area contributed by atoms with Gasteiger partial charge in [-0.3, -0.25) is 0 Å². The number of rotatable bonds is 4. The van der Waals surface area contributed by atoms with Crippen molar-refractivity contribution in [2.75, 3.05) is 6.61 Å². The fourth-order valence-electron chi connectivity index (χ4n) is 2.65. The van der Waals surface area contributed by atoms with Gasteiger partial charge in [0.15, 0.2) is 0 Å². The van der Waals surface area contributed by atoms with Crippen molar-refractivity contribution in [1.29, 1.82) is 0 Å². The molecule has 3 aromatic rings. The van der Waals surface area contributed by atoms with Crippen LogP contribution < -0.4 is 4.57 Å². The number of aromatic nitrogens is 1. The molecule has 3 rings (SSSR count). The first kappa shape index (κ1) is 14.1. The highest BCUT2D eigenvalue weighted by atomic mass is 32.1. The van der Waals surface area contributed by atoms with Crippen LogP contribution >= 0.6 is 11.3 Å². The molecule has 0 spiro atoms. The molecule has 2 aromatic carbocycles. The number of nitrogens with zero attached hydrogens (tertiary/aromatic N) is 1. The van der Waals surface area contributed by atoms with Crippen LogP contribution in [-0.4, -0.2) is 6.61 Å². The lowest BCUT2D eigenvalue weighted by atomic mass is 10.1. The molecule has 0 fully saturated rings. The molecule has 0 bridgehead atoms. The van der Waals surface area contributed by atoms with Crippen LogP contribution in [0, 0.1) is 0 Å². The Labute approximate surface area is 129 Å². The van der Waals surface area contributed by atoms with E-state index in [0.717, 1.165) is 18.8 Å². The average molecular weight is 298 g/mol. The highest BCUT2D eigenvalue weighted by Gasteiger charge is 2.18. The summed E-state index contributed by atoms with van der Waals surface area (Å²) in [6.45, 7) is 4.88. The topological polar surface area (TPSA) is 13.1 Å². The zero-order valence-electron chi connectivity index (χ0n) is 12.7. The Bertz CT molecular complexity index is 817. The monoisotopic (exact) mass is 298 g/mol. The zero-order valence-corrected chi connectivity index (χ0v) is 13.5. The number of hydrogen-bond acceptors (Lipinski definition) is 2. The molecule has 0 aliphatic heterocycles. The number of ether oxygens (including phenoxy) is 1. The number of allylic oxidation sites excluding steroid dienone is 1. The Morgan fingerprint density at radius 3 is 2.76 bits per heavy atom. The summed E-state index contributed by atoms with van der Waals surface area (Å²) in [5, 5.41) is 3.82. The maximum absolute atomic E-state index is 5.69. The van der Waals surface area contributed by atoms with Crippen molar-refractivity contribution >= 4 is 38.4 Å². The van der Waals surface area contributed by atoms with Crippen molar-refractivity contribution in [2.24, 2.45) is 7.05 Å². The molecular weight excluding hydrogens is 278 g/mol. The maximum atomic E-state index is 5.69. The summed E-state index contributed by atoms with van der Waals surface area (Å²) >= 11 is 1.81. The lowest BCUT2D eigenvalue weighted by Gasteiger charge is -2.03. The lowest BCUT2D eigenvalue weighted by molar-refractivity contribution is -0.641. The van der Waals surface area contributed by atoms with Crippen molar-refractivity contribution in [3.8, 4) is 0 Å². The normalized spacial score (nSPS) is 12.2. The number of thiazole rings is 1. The quantitative estimate of drug-likeness (QED) is 0.504. The van der Waals surface area contributed by atoms with Crippen LogP contribution in [0.1, 0.15) is 25.3 Å². The number of hydrogen-bond donors (Lipinski definition) is 0. The summed E-state index contributed by atoms with van der Waals surface area (Å²) in [6.07, 6.45) is 3.09. The van der Waals surface area contributed by atoms with E-state index in [4.69, 9.17) is 4.74 Å². The van der Waals surface area contributed by atoms with Gasteiger partial charge in [0.2, 0.25) is 5.52 Å². The minimum Gasteiger partial charge on any atom is -0.498 e. The molecular formula is C18H20NOS+. The molecule has 0 saturated carbocycles. The molecule has 3 heteroatoms. The Balaban J connectivity index is 2.22. The summed E-state index contributed by atoms with van der Waals surface area (Å²) in [4.78, 5) is 0. The van der Waals surface area contributed by atoms with Crippen molar-refractivity contribution < 1.29 is 9.30 Å². The maximum Gasteiger partial charge on any atom is 0.265 e. The van der Waals surface area contributed by atoms with E-state index in [-0.39, 0.29) is 0 Å². The molecule has 0 radical (unpaired) electrons. The van der Waals surface area contributed by atoms with Gasteiger partial charge in [0.25, 0.3) is 5.01 Å². The van der Waals surface area contributed by atoms with Gasteiger partial charge in [-0.2, -0.15) is 4.57 Å². The predicted octanol–water partition coefficient (Wildman–Crippen LogP) is 4.67. The average Bonchev–Trinajstić information content (AvgIpc) is 2.83. The smallest absolute Gasteiger partial charge is 0.265 e.